The molecule has 0 amide bonds. The highest BCUT2D eigenvalue weighted by Gasteiger charge is 2.40. The molecule has 1 heterocycles. The average Bonchev–Trinajstić information content (AvgIpc) is 2.51. The van der Waals surface area contributed by atoms with E-state index in [1.165, 1.54) is 0 Å². The van der Waals surface area contributed by atoms with Gasteiger partial charge in [0.1, 0.15) is 5.54 Å². The lowest BCUT2D eigenvalue weighted by molar-refractivity contribution is -0.155. The molecule has 1 unspecified atom stereocenters. The van der Waals surface area contributed by atoms with E-state index in [0.29, 0.717) is 0 Å². The topological polar surface area (TPSA) is 38.3 Å². The summed E-state index contributed by atoms with van der Waals surface area (Å²) in [5, 5.41) is 3.25. The number of carbonyl (C=O) groups is 1. The molecule has 1 atom stereocenters. The van der Waals surface area contributed by atoms with Gasteiger partial charge >= 0.3 is 5.97 Å². The van der Waals surface area contributed by atoms with Gasteiger partial charge in [0.05, 0.1) is 6.10 Å². The van der Waals surface area contributed by atoms with Crippen molar-refractivity contribution in [2.45, 2.75) is 51.7 Å². The molecule has 76 valence electrons. The quantitative estimate of drug-likeness (QED) is 0.677. The van der Waals surface area contributed by atoms with Crippen LogP contribution in [0, 0.1) is 0 Å². The summed E-state index contributed by atoms with van der Waals surface area (Å²) >= 11 is 0. The molecule has 0 bridgehead atoms. The Morgan fingerprint density at radius 1 is 1.62 bits per heavy atom. The van der Waals surface area contributed by atoms with E-state index in [9.17, 15) is 4.79 Å². The van der Waals surface area contributed by atoms with E-state index in [0.717, 1.165) is 25.8 Å². The van der Waals surface area contributed by atoms with Gasteiger partial charge in [0.15, 0.2) is 0 Å². The summed E-state index contributed by atoms with van der Waals surface area (Å²) in [7, 11) is 0. The van der Waals surface area contributed by atoms with Crippen LogP contribution in [0.1, 0.15) is 40.0 Å². The smallest absolute Gasteiger partial charge is 0.326 e. The summed E-state index contributed by atoms with van der Waals surface area (Å²) in [5.74, 6) is -0.0810. The highest BCUT2D eigenvalue weighted by molar-refractivity contribution is 5.81. The molecule has 0 radical (unpaired) electrons. The molecule has 1 fully saturated rings. The summed E-state index contributed by atoms with van der Waals surface area (Å²) in [5.41, 5.74) is -0.385. The monoisotopic (exact) mass is 185 g/mol. The molecule has 0 aliphatic carbocycles. The first-order valence-corrected chi connectivity index (χ1v) is 5.07. The first-order chi connectivity index (χ1) is 6.10. The first-order valence-electron chi connectivity index (χ1n) is 5.07. The molecule has 0 aromatic carbocycles. The third-order valence-corrected chi connectivity index (χ3v) is 2.58. The van der Waals surface area contributed by atoms with Gasteiger partial charge in [-0.2, -0.15) is 0 Å². The van der Waals surface area contributed by atoms with Gasteiger partial charge < -0.3 is 10.1 Å². The summed E-state index contributed by atoms with van der Waals surface area (Å²) in [6.07, 6.45) is 2.78. The predicted molar refractivity (Wildman–Crippen MR) is 51.5 cm³/mol. The summed E-state index contributed by atoms with van der Waals surface area (Å²) < 4.78 is 5.23. The van der Waals surface area contributed by atoms with Crippen LogP contribution in [0.4, 0.5) is 0 Å². The number of hydrogen-bond donors (Lipinski definition) is 1. The average molecular weight is 185 g/mol. The Labute approximate surface area is 79.8 Å². The Morgan fingerprint density at radius 2 is 2.31 bits per heavy atom. The molecule has 1 aliphatic heterocycles. The maximum atomic E-state index is 11.7. The maximum absolute atomic E-state index is 11.7. The Balaban J connectivity index is 2.60. The largest absolute Gasteiger partial charge is 0.462 e. The molecule has 3 heteroatoms. The van der Waals surface area contributed by atoms with Gasteiger partial charge in [0.25, 0.3) is 0 Å². The van der Waals surface area contributed by atoms with Crippen molar-refractivity contribution in [3.8, 4) is 0 Å². The molecular weight excluding hydrogens is 166 g/mol. The molecular formula is C10H19NO2. The van der Waals surface area contributed by atoms with Crippen molar-refractivity contribution in [2.24, 2.45) is 0 Å². The molecule has 0 saturated carbocycles. The molecule has 1 rings (SSSR count). The molecule has 0 aromatic heterocycles. The van der Waals surface area contributed by atoms with Gasteiger partial charge in [0, 0.05) is 0 Å². The van der Waals surface area contributed by atoms with Crippen molar-refractivity contribution in [1.29, 1.82) is 0 Å². The third-order valence-electron chi connectivity index (χ3n) is 2.58. The van der Waals surface area contributed by atoms with E-state index in [-0.39, 0.29) is 17.6 Å². The minimum atomic E-state index is -0.385. The molecule has 3 nitrogen and oxygen atoms in total. The zero-order valence-electron chi connectivity index (χ0n) is 8.72. The normalized spacial score (nSPS) is 28.0. The van der Waals surface area contributed by atoms with E-state index >= 15 is 0 Å². The van der Waals surface area contributed by atoms with Crippen molar-refractivity contribution in [1.82, 2.24) is 5.32 Å². The molecule has 13 heavy (non-hydrogen) atoms. The molecule has 1 aliphatic rings. The van der Waals surface area contributed by atoms with E-state index in [4.69, 9.17) is 4.74 Å². The fourth-order valence-corrected chi connectivity index (χ4v) is 1.75. The molecule has 0 aromatic rings. The summed E-state index contributed by atoms with van der Waals surface area (Å²) in [6, 6.07) is 0. The number of rotatable bonds is 3. The van der Waals surface area contributed by atoms with Gasteiger partial charge in [-0.3, -0.25) is 4.79 Å². The number of esters is 1. The number of nitrogens with one attached hydrogen (secondary N) is 1. The van der Waals surface area contributed by atoms with Crippen LogP contribution >= 0.6 is 0 Å². The van der Waals surface area contributed by atoms with Crippen molar-refractivity contribution in [3.63, 3.8) is 0 Å². The van der Waals surface area contributed by atoms with E-state index in [2.05, 4.69) is 5.32 Å². The van der Waals surface area contributed by atoms with Crippen molar-refractivity contribution >= 4 is 5.97 Å². The summed E-state index contributed by atoms with van der Waals surface area (Å²) in [4.78, 5) is 11.7. The minimum absolute atomic E-state index is 0.0154. The maximum Gasteiger partial charge on any atom is 0.326 e. The SMILES string of the molecule is CCC1(C(=O)OC(C)C)CCCN1. The van der Waals surface area contributed by atoms with E-state index in [1.807, 2.05) is 20.8 Å². The van der Waals surface area contributed by atoms with Crippen molar-refractivity contribution in [3.05, 3.63) is 0 Å². The standard InChI is InChI=1S/C10H19NO2/c1-4-10(6-5-7-11-10)9(12)13-8(2)3/h8,11H,4-7H2,1-3H3. The van der Waals surface area contributed by atoms with Crippen LogP contribution in [0.2, 0.25) is 0 Å². The Bertz CT molecular complexity index is 183. The van der Waals surface area contributed by atoms with Crippen LogP contribution in [0.5, 0.6) is 0 Å². The minimum Gasteiger partial charge on any atom is -0.462 e. The Kier molecular flexibility index (Phi) is 3.31. The Hall–Kier alpha value is -0.570. The van der Waals surface area contributed by atoms with Gasteiger partial charge in [-0.05, 0) is 39.7 Å². The van der Waals surface area contributed by atoms with Crippen molar-refractivity contribution < 1.29 is 9.53 Å². The van der Waals surface area contributed by atoms with E-state index in [1.54, 1.807) is 0 Å². The number of hydrogen-bond acceptors (Lipinski definition) is 3. The fraction of sp³-hybridized carbons (Fsp3) is 0.900. The zero-order chi connectivity index (χ0) is 9.90. The lowest BCUT2D eigenvalue weighted by Gasteiger charge is -2.26. The number of carbonyl (C=O) groups excluding carboxylic acids is 1. The first kappa shape index (κ1) is 10.5. The second-order valence-electron chi connectivity index (χ2n) is 3.92. The fourth-order valence-electron chi connectivity index (χ4n) is 1.75. The van der Waals surface area contributed by atoms with Crippen LogP contribution in [-0.2, 0) is 9.53 Å². The molecule has 1 N–H and O–H groups in total. The van der Waals surface area contributed by atoms with E-state index < -0.39 is 0 Å². The van der Waals surface area contributed by atoms with Crippen LogP contribution in [-0.4, -0.2) is 24.2 Å². The molecule has 0 spiro atoms. The second kappa shape index (κ2) is 4.09. The van der Waals surface area contributed by atoms with Gasteiger partial charge in [0.2, 0.25) is 0 Å². The van der Waals surface area contributed by atoms with Crippen LogP contribution in [0.3, 0.4) is 0 Å². The number of ether oxygens (including phenoxy) is 1. The van der Waals surface area contributed by atoms with Gasteiger partial charge in [-0.1, -0.05) is 6.92 Å². The van der Waals surface area contributed by atoms with Crippen LogP contribution in [0.25, 0.3) is 0 Å². The highest BCUT2D eigenvalue weighted by Crippen LogP contribution is 2.24. The predicted octanol–water partition coefficient (Wildman–Crippen LogP) is 1.47. The van der Waals surface area contributed by atoms with Gasteiger partial charge in [-0.15, -0.1) is 0 Å². The third kappa shape index (κ3) is 2.21. The second-order valence-corrected chi connectivity index (χ2v) is 3.92. The molecule has 1 saturated heterocycles. The lowest BCUT2D eigenvalue weighted by Crippen LogP contribution is -2.48. The Morgan fingerprint density at radius 3 is 2.69 bits per heavy atom. The van der Waals surface area contributed by atoms with Crippen LogP contribution in [0.15, 0.2) is 0 Å². The zero-order valence-corrected chi connectivity index (χ0v) is 8.72. The lowest BCUT2D eigenvalue weighted by atomic mass is 9.94. The van der Waals surface area contributed by atoms with Gasteiger partial charge in [-0.25, -0.2) is 0 Å². The highest BCUT2D eigenvalue weighted by atomic mass is 16.5. The van der Waals surface area contributed by atoms with Crippen LogP contribution < -0.4 is 5.32 Å². The summed E-state index contributed by atoms with van der Waals surface area (Å²) in [6.45, 7) is 6.73. The van der Waals surface area contributed by atoms with Crippen molar-refractivity contribution in [2.75, 3.05) is 6.54 Å².